The quantitative estimate of drug-likeness (QED) is 0.848. The Kier molecular flexibility index (Phi) is 5.05. The molecule has 4 nitrogen and oxygen atoms in total. The number of likely N-dealkylation sites (tertiary alicyclic amines) is 1. The highest BCUT2D eigenvalue weighted by molar-refractivity contribution is 5.38. The molecular weight excluding hydrogens is 240 g/mol. The third-order valence-electron chi connectivity index (χ3n) is 3.68. The Morgan fingerprint density at radius 1 is 1.21 bits per heavy atom. The van der Waals surface area contributed by atoms with Crippen molar-refractivity contribution in [2.45, 2.75) is 13.0 Å². The Labute approximate surface area is 115 Å². The SMILES string of the molecule is CNCC1CCN(Cc2cc(OC)cc(OC)c2)C1. The van der Waals surface area contributed by atoms with Crippen molar-refractivity contribution in [1.29, 1.82) is 0 Å². The number of hydrogen-bond donors (Lipinski definition) is 1. The van der Waals surface area contributed by atoms with E-state index in [1.807, 2.05) is 13.1 Å². The lowest BCUT2D eigenvalue weighted by molar-refractivity contribution is 0.313. The van der Waals surface area contributed by atoms with Gasteiger partial charge in [0.2, 0.25) is 0 Å². The van der Waals surface area contributed by atoms with Crippen LogP contribution in [0, 0.1) is 5.92 Å². The average Bonchev–Trinajstić information content (AvgIpc) is 2.86. The molecule has 0 amide bonds. The van der Waals surface area contributed by atoms with Gasteiger partial charge in [0.25, 0.3) is 0 Å². The molecule has 0 bridgehead atoms. The number of methoxy groups -OCH3 is 2. The molecule has 1 aliphatic heterocycles. The summed E-state index contributed by atoms with van der Waals surface area (Å²) in [5, 5.41) is 3.26. The van der Waals surface area contributed by atoms with Crippen molar-refractivity contribution < 1.29 is 9.47 Å². The molecular formula is C15H24N2O2. The summed E-state index contributed by atoms with van der Waals surface area (Å²) in [5.41, 5.74) is 1.25. The number of nitrogens with one attached hydrogen (secondary N) is 1. The number of benzene rings is 1. The van der Waals surface area contributed by atoms with Crippen molar-refractivity contribution in [3.63, 3.8) is 0 Å². The summed E-state index contributed by atoms with van der Waals surface area (Å²) in [6.07, 6.45) is 1.28. The van der Waals surface area contributed by atoms with E-state index < -0.39 is 0 Å². The van der Waals surface area contributed by atoms with E-state index in [4.69, 9.17) is 9.47 Å². The van der Waals surface area contributed by atoms with Crippen molar-refractivity contribution in [2.75, 3.05) is 40.9 Å². The van der Waals surface area contributed by atoms with Crippen LogP contribution >= 0.6 is 0 Å². The van der Waals surface area contributed by atoms with Crippen molar-refractivity contribution in [1.82, 2.24) is 10.2 Å². The summed E-state index contributed by atoms with van der Waals surface area (Å²) in [6, 6.07) is 6.10. The summed E-state index contributed by atoms with van der Waals surface area (Å²) in [4.78, 5) is 2.50. The maximum absolute atomic E-state index is 5.31. The van der Waals surface area contributed by atoms with Gasteiger partial charge < -0.3 is 14.8 Å². The summed E-state index contributed by atoms with van der Waals surface area (Å²) in [5.74, 6) is 2.50. The van der Waals surface area contributed by atoms with Gasteiger partial charge in [-0.3, -0.25) is 4.90 Å². The summed E-state index contributed by atoms with van der Waals surface area (Å²) in [6.45, 7) is 4.41. The Hall–Kier alpha value is -1.26. The van der Waals surface area contributed by atoms with Crippen LogP contribution in [-0.4, -0.2) is 45.8 Å². The fourth-order valence-electron chi connectivity index (χ4n) is 2.73. The van der Waals surface area contributed by atoms with E-state index in [9.17, 15) is 0 Å². The predicted molar refractivity (Wildman–Crippen MR) is 76.9 cm³/mol. The molecule has 0 spiro atoms. The zero-order valence-corrected chi connectivity index (χ0v) is 12.1. The Balaban J connectivity index is 1.99. The minimum absolute atomic E-state index is 0.775. The molecule has 0 aromatic heterocycles. The van der Waals surface area contributed by atoms with Crippen LogP contribution in [0.2, 0.25) is 0 Å². The van der Waals surface area contributed by atoms with Gasteiger partial charge in [-0.15, -0.1) is 0 Å². The van der Waals surface area contributed by atoms with Gasteiger partial charge in [0.1, 0.15) is 11.5 Å². The van der Waals surface area contributed by atoms with Crippen LogP contribution in [0.1, 0.15) is 12.0 Å². The van der Waals surface area contributed by atoms with Gasteiger partial charge in [-0.2, -0.15) is 0 Å². The van der Waals surface area contributed by atoms with Crippen LogP contribution in [0.4, 0.5) is 0 Å². The zero-order chi connectivity index (χ0) is 13.7. The molecule has 2 rings (SSSR count). The van der Waals surface area contributed by atoms with Crippen LogP contribution in [0.3, 0.4) is 0 Å². The summed E-state index contributed by atoms with van der Waals surface area (Å²) in [7, 11) is 5.41. The van der Waals surface area contributed by atoms with Gasteiger partial charge in [-0.1, -0.05) is 0 Å². The molecule has 19 heavy (non-hydrogen) atoms. The highest BCUT2D eigenvalue weighted by Crippen LogP contribution is 2.25. The van der Waals surface area contributed by atoms with Crippen molar-refractivity contribution in [3.05, 3.63) is 23.8 Å². The van der Waals surface area contributed by atoms with Crippen LogP contribution in [0.15, 0.2) is 18.2 Å². The minimum atomic E-state index is 0.775. The van der Waals surface area contributed by atoms with E-state index in [2.05, 4.69) is 22.3 Å². The first-order valence-corrected chi connectivity index (χ1v) is 6.84. The van der Waals surface area contributed by atoms with Crippen LogP contribution in [0.25, 0.3) is 0 Å². The third-order valence-corrected chi connectivity index (χ3v) is 3.68. The molecule has 4 heteroatoms. The van der Waals surface area contributed by atoms with Crippen molar-refractivity contribution in [3.8, 4) is 11.5 Å². The molecule has 1 fully saturated rings. The summed E-state index contributed by atoms with van der Waals surface area (Å²) < 4.78 is 10.6. The van der Waals surface area contributed by atoms with E-state index in [1.54, 1.807) is 14.2 Å². The highest BCUT2D eigenvalue weighted by atomic mass is 16.5. The van der Waals surface area contributed by atoms with Gasteiger partial charge in [-0.25, -0.2) is 0 Å². The Bertz CT molecular complexity index is 387. The molecule has 0 radical (unpaired) electrons. The van der Waals surface area contributed by atoms with E-state index in [0.29, 0.717) is 0 Å². The van der Waals surface area contributed by atoms with Gasteiger partial charge in [0.15, 0.2) is 0 Å². The molecule has 1 N–H and O–H groups in total. The van der Waals surface area contributed by atoms with Crippen LogP contribution < -0.4 is 14.8 Å². The summed E-state index contributed by atoms with van der Waals surface area (Å²) >= 11 is 0. The first-order chi connectivity index (χ1) is 9.25. The normalized spacial score (nSPS) is 19.6. The monoisotopic (exact) mass is 264 g/mol. The Morgan fingerprint density at radius 2 is 1.89 bits per heavy atom. The highest BCUT2D eigenvalue weighted by Gasteiger charge is 2.21. The van der Waals surface area contributed by atoms with Crippen molar-refractivity contribution >= 4 is 0 Å². The maximum atomic E-state index is 5.31. The van der Waals surface area contributed by atoms with Crippen LogP contribution in [-0.2, 0) is 6.54 Å². The molecule has 1 saturated heterocycles. The lowest BCUT2D eigenvalue weighted by Gasteiger charge is -2.17. The number of ether oxygens (including phenoxy) is 2. The lowest BCUT2D eigenvalue weighted by Crippen LogP contribution is -2.24. The fraction of sp³-hybridized carbons (Fsp3) is 0.600. The Morgan fingerprint density at radius 3 is 2.47 bits per heavy atom. The number of hydrogen-bond acceptors (Lipinski definition) is 4. The van der Waals surface area contributed by atoms with E-state index in [0.717, 1.165) is 30.5 Å². The lowest BCUT2D eigenvalue weighted by atomic mass is 10.1. The molecule has 0 saturated carbocycles. The first-order valence-electron chi connectivity index (χ1n) is 6.84. The number of rotatable bonds is 6. The molecule has 1 aliphatic rings. The molecule has 1 heterocycles. The average molecular weight is 264 g/mol. The second-order valence-electron chi connectivity index (χ2n) is 5.17. The third kappa shape index (κ3) is 3.85. The molecule has 0 aliphatic carbocycles. The smallest absolute Gasteiger partial charge is 0.122 e. The first kappa shape index (κ1) is 14.2. The van der Waals surface area contributed by atoms with Gasteiger partial charge in [0.05, 0.1) is 14.2 Å². The topological polar surface area (TPSA) is 33.7 Å². The second kappa shape index (κ2) is 6.78. The fourth-order valence-corrected chi connectivity index (χ4v) is 2.73. The molecule has 106 valence electrons. The maximum Gasteiger partial charge on any atom is 0.122 e. The standard InChI is InChI=1S/C15H24N2O2/c1-16-9-12-4-5-17(10-12)11-13-6-14(18-2)8-15(7-13)19-3/h6-8,12,16H,4-5,9-11H2,1-3H3. The predicted octanol–water partition coefficient (Wildman–Crippen LogP) is 1.75. The van der Waals surface area contributed by atoms with Crippen LogP contribution in [0.5, 0.6) is 11.5 Å². The zero-order valence-electron chi connectivity index (χ0n) is 12.1. The largest absolute Gasteiger partial charge is 0.497 e. The van der Waals surface area contributed by atoms with Gasteiger partial charge in [0, 0.05) is 19.2 Å². The molecule has 1 unspecified atom stereocenters. The molecule has 1 aromatic carbocycles. The van der Waals surface area contributed by atoms with Crippen molar-refractivity contribution in [2.24, 2.45) is 5.92 Å². The van der Waals surface area contributed by atoms with Gasteiger partial charge in [-0.05, 0) is 50.2 Å². The van der Waals surface area contributed by atoms with Gasteiger partial charge >= 0.3 is 0 Å². The van der Waals surface area contributed by atoms with E-state index in [1.165, 1.54) is 25.1 Å². The van der Waals surface area contributed by atoms with E-state index in [-0.39, 0.29) is 0 Å². The second-order valence-corrected chi connectivity index (χ2v) is 5.17. The molecule has 1 aromatic rings. The molecule has 1 atom stereocenters. The van der Waals surface area contributed by atoms with E-state index >= 15 is 0 Å². The minimum Gasteiger partial charge on any atom is -0.497 e. The number of nitrogens with zero attached hydrogens (tertiary/aromatic N) is 1.